The smallest absolute Gasteiger partial charge is 0.279 e. The molecule has 0 saturated carbocycles. The van der Waals surface area contributed by atoms with E-state index < -0.39 is 33.0 Å². The molecule has 0 atom stereocenters. The summed E-state index contributed by atoms with van der Waals surface area (Å²) in [6.07, 6.45) is 2.35. The van der Waals surface area contributed by atoms with Gasteiger partial charge in [0.2, 0.25) is 0 Å². The number of carbonyl (C=O) groups excluding carboxylic acids is 2. The highest BCUT2D eigenvalue weighted by Gasteiger charge is 2.28. The standard InChI is InChI=1S/C16H14N4O6S/c1-7-10(19(23)24)5-8(6-11(7)20(25)26)15(22)18-16-13(14(17)21)9-3-2-4-12(9)27-16/h5-6H,2-4H2,1H3,(H2,17,21)(H,18,22). The lowest BCUT2D eigenvalue weighted by atomic mass is 10.1. The van der Waals surface area contributed by atoms with Crippen LogP contribution in [0, 0.1) is 27.2 Å². The van der Waals surface area contributed by atoms with E-state index in [1.54, 1.807) is 0 Å². The number of nitro groups is 2. The summed E-state index contributed by atoms with van der Waals surface area (Å²) in [7, 11) is 0. The highest BCUT2D eigenvalue weighted by atomic mass is 32.1. The maximum atomic E-state index is 12.6. The third-order valence-corrected chi connectivity index (χ3v) is 5.61. The van der Waals surface area contributed by atoms with Gasteiger partial charge in [-0.15, -0.1) is 11.3 Å². The zero-order valence-electron chi connectivity index (χ0n) is 14.1. The number of hydrogen-bond acceptors (Lipinski definition) is 7. The van der Waals surface area contributed by atoms with Crippen molar-refractivity contribution in [1.29, 1.82) is 0 Å². The Labute approximate surface area is 156 Å². The molecular weight excluding hydrogens is 376 g/mol. The molecule has 0 radical (unpaired) electrons. The number of primary amides is 1. The second kappa shape index (κ2) is 6.76. The monoisotopic (exact) mass is 390 g/mol. The number of anilines is 1. The molecular formula is C16H14N4O6S. The van der Waals surface area contributed by atoms with Crippen LogP contribution >= 0.6 is 11.3 Å². The molecule has 1 aromatic heterocycles. The lowest BCUT2D eigenvalue weighted by molar-refractivity contribution is -0.395. The van der Waals surface area contributed by atoms with Crippen LogP contribution in [0.1, 0.15) is 43.1 Å². The Kier molecular flexibility index (Phi) is 4.62. The molecule has 0 saturated heterocycles. The number of carbonyl (C=O) groups is 2. The first-order chi connectivity index (χ1) is 12.7. The quantitative estimate of drug-likeness (QED) is 0.590. The number of nitro benzene ring substituents is 2. The third kappa shape index (κ3) is 3.24. The molecule has 0 bridgehead atoms. The van der Waals surface area contributed by atoms with Gasteiger partial charge < -0.3 is 11.1 Å². The first-order valence-corrected chi connectivity index (χ1v) is 8.71. The number of hydrogen-bond donors (Lipinski definition) is 2. The van der Waals surface area contributed by atoms with E-state index >= 15 is 0 Å². The molecule has 1 aliphatic rings. The molecule has 140 valence electrons. The van der Waals surface area contributed by atoms with Crippen molar-refractivity contribution in [2.45, 2.75) is 26.2 Å². The second-order valence-corrected chi connectivity index (χ2v) is 7.14. The minimum atomic E-state index is -0.788. The molecule has 11 heteroatoms. The van der Waals surface area contributed by atoms with Crippen molar-refractivity contribution in [2.75, 3.05) is 5.32 Å². The van der Waals surface area contributed by atoms with Gasteiger partial charge in [-0.1, -0.05) is 0 Å². The van der Waals surface area contributed by atoms with Gasteiger partial charge in [0.05, 0.1) is 21.0 Å². The number of rotatable bonds is 5. The van der Waals surface area contributed by atoms with Crippen LogP contribution in [0.5, 0.6) is 0 Å². The Morgan fingerprint density at radius 2 is 1.74 bits per heavy atom. The molecule has 3 rings (SSSR count). The summed E-state index contributed by atoms with van der Waals surface area (Å²) in [5, 5.41) is 25.1. The maximum Gasteiger partial charge on any atom is 0.279 e. The molecule has 0 spiro atoms. The van der Waals surface area contributed by atoms with Crippen LogP contribution in [0.15, 0.2) is 12.1 Å². The Morgan fingerprint density at radius 3 is 2.26 bits per heavy atom. The van der Waals surface area contributed by atoms with Crippen molar-refractivity contribution in [3.63, 3.8) is 0 Å². The number of nitrogens with two attached hydrogens (primary N) is 1. The van der Waals surface area contributed by atoms with Gasteiger partial charge in [0.25, 0.3) is 23.2 Å². The Bertz CT molecular complexity index is 978. The number of aryl methyl sites for hydroxylation is 1. The van der Waals surface area contributed by atoms with Crippen LogP contribution in [0.4, 0.5) is 16.4 Å². The van der Waals surface area contributed by atoms with Gasteiger partial charge >= 0.3 is 0 Å². The van der Waals surface area contributed by atoms with Gasteiger partial charge in [-0.05, 0) is 31.7 Å². The molecule has 1 aromatic carbocycles. The van der Waals surface area contributed by atoms with E-state index in [1.165, 1.54) is 18.3 Å². The van der Waals surface area contributed by atoms with E-state index in [0.29, 0.717) is 6.42 Å². The zero-order chi connectivity index (χ0) is 19.9. The van der Waals surface area contributed by atoms with Crippen molar-refractivity contribution >= 4 is 39.5 Å². The molecule has 27 heavy (non-hydrogen) atoms. The van der Waals surface area contributed by atoms with Crippen molar-refractivity contribution < 1.29 is 19.4 Å². The highest BCUT2D eigenvalue weighted by molar-refractivity contribution is 7.17. The molecule has 1 aliphatic carbocycles. The summed E-state index contributed by atoms with van der Waals surface area (Å²) in [4.78, 5) is 46.1. The molecule has 0 fully saturated rings. The Hall–Kier alpha value is -3.34. The van der Waals surface area contributed by atoms with Crippen LogP contribution in [0.3, 0.4) is 0 Å². The van der Waals surface area contributed by atoms with E-state index in [1.807, 2.05) is 0 Å². The fourth-order valence-electron chi connectivity index (χ4n) is 3.12. The lowest BCUT2D eigenvalue weighted by Gasteiger charge is -2.07. The van der Waals surface area contributed by atoms with Gasteiger partial charge in [0.1, 0.15) is 10.6 Å². The maximum absolute atomic E-state index is 12.6. The summed E-state index contributed by atoms with van der Waals surface area (Å²) in [5.41, 5.74) is 5.02. The van der Waals surface area contributed by atoms with Gasteiger partial charge in [-0.2, -0.15) is 0 Å². The summed E-state index contributed by atoms with van der Waals surface area (Å²) in [6, 6.07) is 1.95. The Morgan fingerprint density at radius 1 is 1.15 bits per heavy atom. The minimum absolute atomic E-state index is 0.144. The van der Waals surface area contributed by atoms with Crippen molar-refractivity contribution in [3.8, 4) is 0 Å². The largest absolute Gasteiger partial charge is 0.365 e. The summed E-state index contributed by atoms with van der Waals surface area (Å²) < 4.78 is 0. The van der Waals surface area contributed by atoms with E-state index in [-0.39, 0.29) is 21.7 Å². The van der Waals surface area contributed by atoms with Gasteiger partial charge in [-0.3, -0.25) is 29.8 Å². The number of benzene rings is 1. The SMILES string of the molecule is Cc1c([N+](=O)[O-])cc(C(=O)Nc2sc3c(c2C(N)=O)CCC3)cc1[N+](=O)[O-]. The topological polar surface area (TPSA) is 158 Å². The number of thiophene rings is 1. The third-order valence-electron chi connectivity index (χ3n) is 4.40. The van der Waals surface area contributed by atoms with Crippen LogP contribution in [0.25, 0.3) is 0 Å². The predicted molar refractivity (Wildman–Crippen MR) is 97.3 cm³/mol. The molecule has 2 amide bonds. The van der Waals surface area contributed by atoms with Crippen molar-refractivity contribution in [1.82, 2.24) is 0 Å². The normalized spacial score (nSPS) is 12.5. The number of fused-ring (bicyclic) bond motifs is 1. The fraction of sp³-hybridized carbons (Fsp3) is 0.250. The number of amides is 2. The molecule has 0 unspecified atom stereocenters. The second-order valence-electron chi connectivity index (χ2n) is 6.03. The summed E-state index contributed by atoms with van der Waals surface area (Å²) in [6.45, 7) is 1.24. The summed E-state index contributed by atoms with van der Waals surface area (Å²) >= 11 is 1.22. The highest BCUT2D eigenvalue weighted by Crippen LogP contribution is 2.39. The molecule has 1 heterocycles. The number of nitrogens with one attached hydrogen (secondary N) is 1. The van der Waals surface area contributed by atoms with Crippen molar-refractivity contribution in [2.24, 2.45) is 5.73 Å². The molecule has 2 aromatic rings. The average molecular weight is 390 g/mol. The first kappa shape index (κ1) is 18.5. The van der Waals surface area contributed by atoms with Crippen molar-refractivity contribution in [3.05, 3.63) is 59.5 Å². The van der Waals surface area contributed by atoms with Gasteiger partial charge in [0, 0.05) is 17.0 Å². The van der Waals surface area contributed by atoms with Crippen LogP contribution in [-0.4, -0.2) is 21.7 Å². The van der Waals surface area contributed by atoms with Crippen LogP contribution < -0.4 is 11.1 Å². The molecule has 10 nitrogen and oxygen atoms in total. The van der Waals surface area contributed by atoms with Gasteiger partial charge in [0.15, 0.2) is 0 Å². The van der Waals surface area contributed by atoms with Crippen LogP contribution in [0.2, 0.25) is 0 Å². The zero-order valence-corrected chi connectivity index (χ0v) is 14.9. The van der Waals surface area contributed by atoms with E-state index in [2.05, 4.69) is 5.32 Å². The van der Waals surface area contributed by atoms with E-state index in [9.17, 15) is 29.8 Å². The lowest BCUT2D eigenvalue weighted by Crippen LogP contribution is -2.18. The average Bonchev–Trinajstić information content (AvgIpc) is 3.14. The first-order valence-electron chi connectivity index (χ1n) is 7.89. The van der Waals surface area contributed by atoms with Crippen LogP contribution in [-0.2, 0) is 12.8 Å². The molecule has 0 aliphatic heterocycles. The summed E-state index contributed by atoms with van der Waals surface area (Å²) in [5.74, 6) is -1.46. The van der Waals surface area contributed by atoms with E-state index in [0.717, 1.165) is 35.4 Å². The fourth-order valence-corrected chi connectivity index (χ4v) is 4.41. The Balaban J connectivity index is 2.02. The van der Waals surface area contributed by atoms with E-state index in [4.69, 9.17) is 5.73 Å². The number of nitrogens with zero attached hydrogens (tertiary/aromatic N) is 2. The molecule has 3 N–H and O–H groups in total. The minimum Gasteiger partial charge on any atom is -0.365 e. The predicted octanol–water partition coefficient (Wildman–Crippen LogP) is 2.71. The van der Waals surface area contributed by atoms with Gasteiger partial charge in [-0.25, -0.2) is 0 Å².